The highest BCUT2D eigenvalue weighted by Crippen LogP contribution is 1.99. The molecule has 0 amide bonds. The summed E-state index contributed by atoms with van der Waals surface area (Å²) in [7, 11) is 5.52. The van der Waals surface area contributed by atoms with Crippen molar-refractivity contribution in [3.63, 3.8) is 0 Å². The van der Waals surface area contributed by atoms with Crippen molar-refractivity contribution in [3.8, 4) is 0 Å². The Bertz CT molecular complexity index is 87.1. The van der Waals surface area contributed by atoms with Crippen LogP contribution in [-0.2, 0) is 4.74 Å². The zero-order chi connectivity index (χ0) is 6.69. The normalized spacial score (nSPS) is 30.7. The van der Waals surface area contributed by atoms with E-state index in [1.54, 1.807) is 7.11 Å². The van der Waals surface area contributed by atoms with Crippen LogP contribution in [0.2, 0.25) is 0 Å². The molecule has 1 unspecified atom stereocenters. The van der Waals surface area contributed by atoms with E-state index in [2.05, 4.69) is 12.4 Å². The number of rotatable bonds is 1. The van der Waals surface area contributed by atoms with E-state index in [0.29, 0.717) is 0 Å². The maximum absolute atomic E-state index is 5.10. The smallest absolute Gasteiger partial charge is 0.122 e. The molecule has 3 nitrogen and oxygen atoms in total. The zero-order valence-corrected chi connectivity index (χ0v) is 5.76. The maximum Gasteiger partial charge on any atom is 0.122 e. The first kappa shape index (κ1) is 6.99. The summed E-state index contributed by atoms with van der Waals surface area (Å²) in [6.07, 6.45) is 0.166. The van der Waals surface area contributed by atoms with E-state index in [4.69, 9.17) is 4.74 Å². The minimum absolute atomic E-state index is 0.166. The number of piperazine rings is 1. The number of hydrogen-bond acceptors (Lipinski definition) is 3. The quantitative estimate of drug-likeness (QED) is 0.524. The molecule has 1 atom stereocenters. The van der Waals surface area contributed by atoms with Crippen molar-refractivity contribution < 1.29 is 4.74 Å². The van der Waals surface area contributed by atoms with Crippen molar-refractivity contribution in [2.45, 2.75) is 6.23 Å². The van der Waals surface area contributed by atoms with Crippen LogP contribution in [0.15, 0.2) is 0 Å². The van der Waals surface area contributed by atoms with Crippen LogP contribution in [0.1, 0.15) is 0 Å². The average Bonchev–Trinajstić information content (AvgIpc) is 1.89. The third-order valence-electron chi connectivity index (χ3n) is 1.57. The molecule has 9 heavy (non-hydrogen) atoms. The summed E-state index contributed by atoms with van der Waals surface area (Å²) in [5.74, 6) is 0. The van der Waals surface area contributed by atoms with Crippen molar-refractivity contribution in [2.75, 3.05) is 26.7 Å². The number of nitrogens with one attached hydrogen (secondary N) is 1. The Kier molecular flexibility index (Phi) is 2.45. The summed E-state index contributed by atoms with van der Waals surface area (Å²) in [5, 5.41) is 3.21. The first-order valence-electron chi connectivity index (χ1n) is 3.15. The Morgan fingerprint density at radius 1 is 1.78 bits per heavy atom. The van der Waals surface area contributed by atoms with Crippen LogP contribution >= 0.6 is 0 Å². The van der Waals surface area contributed by atoms with Crippen LogP contribution < -0.4 is 5.32 Å². The minimum Gasteiger partial charge on any atom is -0.365 e. The van der Waals surface area contributed by atoms with E-state index >= 15 is 0 Å². The summed E-state index contributed by atoms with van der Waals surface area (Å²) < 4.78 is 5.10. The Labute approximate surface area is 56.0 Å². The molecule has 0 aromatic carbocycles. The predicted molar refractivity (Wildman–Crippen MR) is 35.7 cm³/mol. The fourth-order valence-corrected chi connectivity index (χ4v) is 0.954. The fraction of sp³-hybridized carbons (Fsp3) is 0.833. The number of nitrogens with zero attached hydrogens (tertiary/aromatic N) is 1. The molecule has 1 fully saturated rings. The predicted octanol–water partition coefficient (Wildman–Crippen LogP) is -0.344. The third-order valence-corrected chi connectivity index (χ3v) is 1.57. The second-order valence-corrected chi connectivity index (χ2v) is 2.21. The highest BCUT2D eigenvalue weighted by atomic mass is 16.5. The summed E-state index contributed by atoms with van der Waals surface area (Å²) in [6, 6.07) is 0. The fourth-order valence-electron chi connectivity index (χ4n) is 0.954. The topological polar surface area (TPSA) is 24.5 Å². The minimum atomic E-state index is 0.166. The van der Waals surface area contributed by atoms with Gasteiger partial charge in [-0.15, -0.1) is 0 Å². The molecule has 1 rings (SSSR count). The second kappa shape index (κ2) is 3.15. The standard InChI is InChI=1S/C6H13N2O/c1-8-4-3-7-5-6(8)9-2/h6-7H,1,3-5H2,2H3. The van der Waals surface area contributed by atoms with Gasteiger partial charge in [-0.2, -0.15) is 0 Å². The van der Waals surface area contributed by atoms with Gasteiger partial charge in [0.2, 0.25) is 0 Å². The lowest BCUT2D eigenvalue weighted by Crippen LogP contribution is -2.49. The molecule has 0 spiro atoms. The highest BCUT2D eigenvalue weighted by Gasteiger charge is 2.16. The van der Waals surface area contributed by atoms with Crippen LogP contribution in [-0.4, -0.2) is 37.9 Å². The van der Waals surface area contributed by atoms with Gasteiger partial charge in [-0.25, -0.2) is 0 Å². The molecule has 0 aromatic heterocycles. The lowest BCUT2D eigenvalue weighted by Gasteiger charge is -2.31. The molecule has 0 aliphatic carbocycles. The van der Waals surface area contributed by atoms with Gasteiger partial charge in [0.15, 0.2) is 0 Å². The monoisotopic (exact) mass is 129 g/mol. The Morgan fingerprint density at radius 3 is 3.00 bits per heavy atom. The molecule has 1 aliphatic heterocycles. The van der Waals surface area contributed by atoms with Crippen LogP contribution in [0.3, 0.4) is 0 Å². The molecule has 1 radical (unpaired) electrons. The molecule has 1 aliphatic rings. The van der Waals surface area contributed by atoms with Crippen LogP contribution in [0, 0.1) is 7.05 Å². The first-order chi connectivity index (χ1) is 4.34. The lowest BCUT2D eigenvalue weighted by atomic mass is 10.4. The van der Waals surface area contributed by atoms with E-state index in [0.717, 1.165) is 19.6 Å². The largest absolute Gasteiger partial charge is 0.365 e. The van der Waals surface area contributed by atoms with E-state index < -0.39 is 0 Å². The second-order valence-electron chi connectivity index (χ2n) is 2.21. The highest BCUT2D eigenvalue weighted by molar-refractivity contribution is 4.71. The molecular formula is C6H13N2O. The van der Waals surface area contributed by atoms with Gasteiger partial charge < -0.3 is 10.1 Å². The van der Waals surface area contributed by atoms with Crippen molar-refractivity contribution in [2.24, 2.45) is 0 Å². The summed E-state index contributed by atoms with van der Waals surface area (Å²) >= 11 is 0. The van der Waals surface area contributed by atoms with Gasteiger partial charge in [0.05, 0.1) is 0 Å². The molecule has 1 N–H and O–H groups in total. The molecule has 1 heterocycles. The molecule has 0 bridgehead atoms. The van der Waals surface area contributed by atoms with Crippen LogP contribution in [0.4, 0.5) is 0 Å². The molecular weight excluding hydrogens is 116 g/mol. The molecule has 53 valence electrons. The molecule has 3 heteroatoms. The van der Waals surface area contributed by atoms with Gasteiger partial charge in [-0.05, 0) is 0 Å². The van der Waals surface area contributed by atoms with Gasteiger partial charge in [0.1, 0.15) is 6.23 Å². The van der Waals surface area contributed by atoms with Gasteiger partial charge in [0.25, 0.3) is 0 Å². The van der Waals surface area contributed by atoms with Gasteiger partial charge in [-0.1, -0.05) is 0 Å². The summed E-state index contributed by atoms with van der Waals surface area (Å²) in [4.78, 5) is 1.95. The van der Waals surface area contributed by atoms with Crippen LogP contribution in [0.25, 0.3) is 0 Å². The van der Waals surface area contributed by atoms with Crippen molar-refractivity contribution in [1.29, 1.82) is 0 Å². The van der Waals surface area contributed by atoms with Crippen molar-refractivity contribution in [1.82, 2.24) is 10.2 Å². The molecule has 0 saturated carbocycles. The number of ether oxygens (including phenoxy) is 1. The summed E-state index contributed by atoms with van der Waals surface area (Å²) in [6.45, 7) is 2.88. The van der Waals surface area contributed by atoms with E-state index in [-0.39, 0.29) is 6.23 Å². The van der Waals surface area contributed by atoms with E-state index in [9.17, 15) is 0 Å². The molecule has 1 saturated heterocycles. The maximum atomic E-state index is 5.10. The Balaban J connectivity index is 2.30. The third kappa shape index (κ3) is 1.64. The lowest BCUT2D eigenvalue weighted by molar-refractivity contribution is -0.0201. The average molecular weight is 129 g/mol. The van der Waals surface area contributed by atoms with Crippen LogP contribution in [0.5, 0.6) is 0 Å². The SMILES string of the molecule is [CH2]N1CCNCC1OC. The molecule has 0 aromatic rings. The van der Waals surface area contributed by atoms with E-state index in [1.165, 1.54) is 0 Å². The van der Waals surface area contributed by atoms with E-state index in [1.807, 2.05) is 4.90 Å². The van der Waals surface area contributed by atoms with Crippen molar-refractivity contribution in [3.05, 3.63) is 7.05 Å². The van der Waals surface area contributed by atoms with Gasteiger partial charge >= 0.3 is 0 Å². The zero-order valence-electron chi connectivity index (χ0n) is 5.76. The Morgan fingerprint density at radius 2 is 2.56 bits per heavy atom. The first-order valence-corrected chi connectivity index (χ1v) is 3.15. The number of hydrogen-bond donors (Lipinski definition) is 1. The Hall–Kier alpha value is -0.120. The van der Waals surface area contributed by atoms with Gasteiger partial charge in [-0.3, -0.25) is 4.90 Å². The summed E-state index contributed by atoms with van der Waals surface area (Å²) in [5.41, 5.74) is 0. The van der Waals surface area contributed by atoms with Crippen molar-refractivity contribution >= 4 is 0 Å². The van der Waals surface area contributed by atoms with Gasteiger partial charge in [0, 0.05) is 33.8 Å². The number of methoxy groups -OCH3 is 1.